The third-order valence-corrected chi connectivity index (χ3v) is 4.43. The Balaban J connectivity index is 1.96. The van der Waals surface area contributed by atoms with Gasteiger partial charge in [0.25, 0.3) is 0 Å². The topological polar surface area (TPSA) is 55.8 Å². The van der Waals surface area contributed by atoms with Crippen molar-refractivity contribution in [3.8, 4) is 0 Å². The molecule has 0 aromatic heterocycles. The standard InChI is InChI=1S/C18H25NO4/c1-3-18(16(20)22-4-2)11-8-12-19(14-18)17(21)23-13-15-9-6-5-7-10-15/h5-7,9-10H,3-4,8,11-14H2,1-2H3/t18-/m0/s1. The summed E-state index contributed by atoms with van der Waals surface area (Å²) in [5, 5.41) is 0. The van der Waals surface area contributed by atoms with Gasteiger partial charge in [-0.25, -0.2) is 4.79 Å². The Morgan fingerprint density at radius 2 is 1.91 bits per heavy atom. The highest BCUT2D eigenvalue weighted by Crippen LogP contribution is 2.35. The van der Waals surface area contributed by atoms with Crippen molar-refractivity contribution in [2.45, 2.75) is 39.7 Å². The van der Waals surface area contributed by atoms with E-state index >= 15 is 0 Å². The number of hydrogen-bond donors (Lipinski definition) is 0. The molecule has 1 fully saturated rings. The summed E-state index contributed by atoms with van der Waals surface area (Å²) in [5.74, 6) is -0.206. The zero-order chi connectivity index (χ0) is 16.7. The van der Waals surface area contributed by atoms with Crippen molar-refractivity contribution in [2.24, 2.45) is 5.41 Å². The highest BCUT2D eigenvalue weighted by atomic mass is 16.6. The van der Waals surface area contributed by atoms with Crippen LogP contribution in [0.25, 0.3) is 0 Å². The fourth-order valence-electron chi connectivity index (χ4n) is 2.98. The van der Waals surface area contributed by atoms with E-state index in [1.165, 1.54) is 0 Å². The number of likely N-dealkylation sites (tertiary alicyclic amines) is 1. The van der Waals surface area contributed by atoms with Crippen LogP contribution < -0.4 is 0 Å². The van der Waals surface area contributed by atoms with E-state index in [0.29, 0.717) is 26.1 Å². The number of rotatable bonds is 5. The molecule has 0 spiro atoms. The summed E-state index contributed by atoms with van der Waals surface area (Å²) in [7, 11) is 0. The lowest BCUT2D eigenvalue weighted by Crippen LogP contribution is -2.50. The summed E-state index contributed by atoms with van der Waals surface area (Å²) >= 11 is 0. The molecule has 1 heterocycles. The number of ether oxygens (including phenoxy) is 2. The fraction of sp³-hybridized carbons (Fsp3) is 0.556. The molecule has 0 N–H and O–H groups in total. The van der Waals surface area contributed by atoms with Crippen LogP contribution >= 0.6 is 0 Å². The average molecular weight is 319 g/mol. The second-order valence-electron chi connectivity index (χ2n) is 5.92. The molecule has 5 nitrogen and oxygen atoms in total. The maximum absolute atomic E-state index is 12.3. The maximum atomic E-state index is 12.3. The Kier molecular flexibility index (Phi) is 6.02. The van der Waals surface area contributed by atoms with Gasteiger partial charge in [-0.1, -0.05) is 37.3 Å². The smallest absolute Gasteiger partial charge is 0.410 e. The summed E-state index contributed by atoms with van der Waals surface area (Å²) in [4.78, 5) is 26.2. The molecule has 1 aromatic carbocycles. The van der Waals surface area contributed by atoms with Gasteiger partial charge >= 0.3 is 12.1 Å². The zero-order valence-corrected chi connectivity index (χ0v) is 13.9. The quantitative estimate of drug-likeness (QED) is 0.781. The summed E-state index contributed by atoms with van der Waals surface area (Å²) in [6.07, 6.45) is 1.84. The summed E-state index contributed by atoms with van der Waals surface area (Å²) in [6, 6.07) is 9.57. The van der Waals surface area contributed by atoms with Crippen LogP contribution in [0.15, 0.2) is 30.3 Å². The first kappa shape index (κ1) is 17.3. The minimum absolute atomic E-state index is 0.206. The average Bonchev–Trinajstić information content (AvgIpc) is 2.60. The molecule has 1 atom stereocenters. The molecule has 0 bridgehead atoms. The lowest BCUT2D eigenvalue weighted by Gasteiger charge is -2.39. The Hall–Kier alpha value is -2.04. The van der Waals surface area contributed by atoms with Gasteiger partial charge in [-0.05, 0) is 31.7 Å². The first-order chi connectivity index (χ1) is 11.1. The monoisotopic (exact) mass is 319 g/mol. The Labute approximate surface area is 137 Å². The second-order valence-corrected chi connectivity index (χ2v) is 5.92. The number of esters is 1. The van der Waals surface area contributed by atoms with Gasteiger partial charge in [0, 0.05) is 13.1 Å². The van der Waals surface area contributed by atoms with Crippen LogP contribution in [-0.4, -0.2) is 36.7 Å². The molecule has 0 radical (unpaired) electrons. The SMILES string of the molecule is CCOC(=O)[C@@]1(CC)CCCN(C(=O)OCc2ccccc2)C1. The van der Waals surface area contributed by atoms with Crippen molar-refractivity contribution >= 4 is 12.1 Å². The molecule has 1 aromatic rings. The molecule has 0 aliphatic carbocycles. The van der Waals surface area contributed by atoms with E-state index in [0.717, 1.165) is 18.4 Å². The van der Waals surface area contributed by atoms with Gasteiger partial charge in [-0.3, -0.25) is 4.79 Å². The summed E-state index contributed by atoms with van der Waals surface area (Å²) in [6.45, 7) is 5.37. The van der Waals surface area contributed by atoms with Crippen molar-refractivity contribution in [1.29, 1.82) is 0 Å². The molecule has 0 saturated carbocycles. The van der Waals surface area contributed by atoms with Crippen LogP contribution in [-0.2, 0) is 20.9 Å². The Morgan fingerprint density at radius 1 is 1.17 bits per heavy atom. The van der Waals surface area contributed by atoms with E-state index in [2.05, 4.69) is 0 Å². The van der Waals surface area contributed by atoms with E-state index in [-0.39, 0.29) is 18.7 Å². The predicted octanol–water partition coefficient (Wildman–Crippen LogP) is 3.38. The predicted molar refractivity (Wildman–Crippen MR) is 86.8 cm³/mol. The van der Waals surface area contributed by atoms with E-state index in [4.69, 9.17) is 9.47 Å². The zero-order valence-electron chi connectivity index (χ0n) is 13.9. The van der Waals surface area contributed by atoms with Crippen LogP contribution in [0, 0.1) is 5.41 Å². The number of carbonyl (C=O) groups is 2. The molecule has 1 saturated heterocycles. The van der Waals surface area contributed by atoms with E-state index in [1.54, 1.807) is 11.8 Å². The van der Waals surface area contributed by atoms with Gasteiger partial charge in [0.1, 0.15) is 6.61 Å². The lowest BCUT2D eigenvalue weighted by molar-refractivity contribution is -0.158. The van der Waals surface area contributed by atoms with Gasteiger partial charge in [-0.15, -0.1) is 0 Å². The van der Waals surface area contributed by atoms with Gasteiger partial charge in [0.05, 0.1) is 12.0 Å². The molecule has 5 heteroatoms. The van der Waals surface area contributed by atoms with Crippen LogP contribution in [0.1, 0.15) is 38.7 Å². The molecule has 1 aliphatic heterocycles. The minimum Gasteiger partial charge on any atom is -0.466 e. The fourth-order valence-corrected chi connectivity index (χ4v) is 2.98. The minimum atomic E-state index is -0.597. The molecule has 1 amide bonds. The number of amides is 1. The van der Waals surface area contributed by atoms with Crippen LogP contribution in [0.5, 0.6) is 0 Å². The summed E-state index contributed by atoms with van der Waals surface area (Å²) < 4.78 is 10.6. The first-order valence-electron chi connectivity index (χ1n) is 8.24. The molecule has 23 heavy (non-hydrogen) atoms. The van der Waals surface area contributed by atoms with E-state index in [1.807, 2.05) is 37.3 Å². The van der Waals surface area contributed by atoms with Gasteiger partial charge in [-0.2, -0.15) is 0 Å². The van der Waals surface area contributed by atoms with Crippen molar-refractivity contribution in [3.63, 3.8) is 0 Å². The van der Waals surface area contributed by atoms with Crippen molar-refractivity contribution < 1.29 is 19.1 Å². The van der Waals surface area contributed by atoms with Gasteiger partial charge in [0.15, 0.2) is 0 Å². The highest BCUT2D eigenvalue weighted by molar-refractivity contribution is 5.78. The third kappa shape index (κ3) is 4.24. The van der Waals surface area contributed by atoms with E-state index < -0.39 is 5.41 Å². The number of hydrogen-bond acceptors (Lipinski definition) is 4. The van der Waals surface area contributed by atoms with Gasteiger partial charge in [0.2, 0.25) is 0 Å². The second kappa shape index (κ2) is 7.99. The van der Waals surface area contributed by atoms with Crippen LogP contribution in [0.4, 0.5) is 4.79 Å². The first-order valence-corrected chi connectivity index (χ1v) is 8.24. The highest BCUT2D eigenvalue weighted by Gasteiger charge is 2.43. The lowest BCUT2D eigenvalue weighted by atomic mass is 9.77. The van der Waals surface area contributed by atoms with Crippen LogP contribution in [0.2, 0.25) is 0 Å². The molecule has 1 aliphatic rings. The normalized spacial score (nSPS) is 20.9. The molecule has 126 valence electrons. The maximum Gasteiger partial charge on any atom is 0.410 e. The van der Waals surface area contributed by atoms with Crippen molar-refractivity contribution in [1.82, 2.24) is 4.90 Å². The molecule has 2 rings (SSSR count). The summed E-state index contributed by atoms with van der Waals surface area (Å²) in [5.41, 5.74) is 0.352. The Bertz CT molecular complexity index is 531. The van der Waals surface area contributed by atoms with Crippen molar-refractivity contribution in [2.75, 3.05) is 19.7 Å². The molecule has 0 unspecified atom stereocenters. The molecular formula is C18H25NO4. The largest absolute Gasteiger partial charge is 0.466 e. The number of piperidine rings is 1. The number of nitrogens with zero attached hydrogens (tertiary/aromatic N) is 1. The van der Waals surface area contributed by atoms with Gasteiger partial charge < -0.3 is 14.4 Å². The molecular weight excluding hydrogens is 294 g/mol. The van der Waals surface area contributed by atoms with Crippen molar-refractivity contribution in [3.05, 3.63) is 35.9 Å². The Morgan fingerprint density at radius 3 is 2.57 bits per heavy atom. The van der Waals surface area contributed by atoms with E-state index in [9.17, 15) is 9.59 Å². The van der Waals surface area contributed by atoms with Crippen LogP contribution in [0.3, 0.4) is 0 Å². The number of carbonyl (C=O) groups excluding carboxylic acids is 2. The third-order valence-electron chi connectivity index (χ3n) is 4.43. The number of benzene rings is 1.